The summed E-state index contributed by atoms with van der Waals surface area (Å²) >= 11 is 1.84. The lowest BCUT2D eigenvalue weighted by atomic mass is 9.97. The van der Waals surface area contributed by atoms with Gasteiger partial charge >= 0.3 is 0 Å². The van der Waals surface area contributed by atoms with Crippen molar-refractivity contribution < 1.29 is 4.42 Å². The number of fused-ring (bicyclic) bond motifs is 7. The summed E-state index contributed by atoms with van der Waals surface area (Å²) in [5.41, 5.74) is 12.3. The van der Waals surface area contributed by atoms with E-state index < -0.39 is 0 Å². The summed E-state index contributed by atoms with van der Waals surface area (Å²) in [6, 6.07) is 67.2. The predicted octanol–water partition coefficient (Wildman–Crippen LogP) is 14.4. The van der Waals surface area contributed by atoms with Gasteiger partial charge in [-0.2, -0.15) is 0 Å². The van der Waals surface area contributed by atoms with Gasteiger partial charge < -0.3 is 9.32 Å². The van der Waals surface area contributed by atoms with Crippen LogP contribution in [0, 0.1) is 0 Å². The van der Waals surface area contributed by atoms with Crippen LogP contribution in [0.25, 0.3) is 75.5 Å². The van der Waals surface area contributed by atoms with Gasteiger partial charge in [-0.05, 0) is 94.0 Å². The van der Waals surface area contributed by atoms with E-state index >= 15 is 0 Å². The van der Waals surface area contributed by atoms with Crippen LogP contribution >= 0.6 is 11.3 Å². The van der Waals surface area contributed by atoms with Gasteiger partial charge in [0, 0.05) is 48.0 Å². The van der Waals surface area contributed by atoms with E-state index in [4.69, 9.17) is 4.42 Å². The molecule has 0 saturated carbocycles. The van der Waals surface area contributed by atoms with E-state index in [0.717, 1.165) is 33.8 Å². The molecule has 0 amide bonds. The Balaban J connectivity index is 1.09. The van der Waals surface area contributed by atoms with Crippen molar-refractivity contribution in [1.29, 1.82) is 0 Å². The van der Waals surface area contributed by atoms with Crippen LogP contribution in [0.4, 0.5) is 17.1 Å². The zero-order chi connectivity index (χ0) is 33.7. The number of furan rings is 1. The van der Waals surface area contributed by atoms with Gasteiger partial charge in [0.2, 0.25) is 0 Å². The average molecular weight is 670 g/mol. The molecule has 2 aromatic heterocycles. The molecule has 2 nitrogen and oxygen atoms in total. The molecule has 51 heavy (non-hydrogen) atoms. The van der Waals surface area contributed by atoms with Gasteiger partial charge in [0.25, 0.3) is 0 Å². The molecule has 10 aromatic rings. The molecule has 3 heteroatoms. The minimum Gasteiger partial charge on any atom is -0.456 e. The largest absolute Gasteiger partial charge is 0.456 e. The lowest BCUT2D eigenvalue weighted by Gasteiger charge is -2.26. The fourth-order valence-corrected chi connectivity index (χ4v) is 8.58. The maximum Gasteiger partial charge on any atom is 0.136 e. The van der Waals surface area contributed by atoms with Crippen molar-refractivity contribution in [3.05, 3.63) is 188 Å². The number of anilines is 3. The fourth-order valence-electron chi connectivity index (χ4n) is 7.47. The lowest BCUT2D eigenvalue weighted by molar-refractivity contribution is 0.669. The number of rotatable bonds is 6. The Morgan fingerprint density at radius 1 is 0.333 bits per heavy atom. The van der Waals surface area contributed by atoms with Crippen LogP contribution in [0.15, 0.2) is 192 Å². The highest BCUT2D eigenvalue weighted by Crippen LogP contribution is 2.45. The number of hydrogen-bond acceptors (Lipinski definition) is 3. The Hall–Kier alpha value is -6.42. The Labute approximate surface area is 300 Å². The van der Waals surface area contributed by atoms with Crippen molar-refractivity contribution in [2.24, 2.45) is 0 Å². The van der Waals surface area contributed by atoms with Gasteiger partial charge in [-0.1, -0.05) is 127 Å². The quantitative estimate of drug-likeness (QED) is 0.175. The molecule has 0 fully saturated rings. The van der Waals surface area contributed by atoms with Crippen LogP contribution in [0.2, 0.25) is 0 Å². The van der Waals surface area contributed by atoms with Crippen LogP contribution in [0.3, 0.4) is 0 Å². The maximum absolute atomic E-state index is 6.50. The molecule has 2 heterocycles. The van der Waals surface area contributed by atoms with Gasteiger partial charge in [-0.25, -0.2) is 0 Å². The molecule has 240 valence electrons. The summed E-state index contributed by atoms with van der Waals surface area (Å²) in [6.45, 7) is 0. The smallest absolute Gasteiger partial charge is 0.136 e. The SMILES string of the molecule is c1ccc(-c2ccc(N(c3ccc(-c4ccccc4)cc3)c3ccc(-c4cccc5oc6ccc7sc8ccccc8c7c6c45)cc3)cc2)cc1. The van der Waals surface area contributed by atoms with E-state index in [1.54, 1.807) is 0 Å². The summed E-state index contributed by atoms with van der Waals surface area (Å²) in [5.74, 6) is 0. The first-order chi connectivity index (χ1) is 25.3. The third-order valence-corrected chi connectivity index (χ3v) is 11.0. The molecule has 0 bridgehead atoms. The first-order valence-electron chi connectivity index (χ1n) is 17.3. The van der Waals surface area contributed by atoms with E-state index in [2.05, 4.69) is 193 Å². The van der Waals surface area contributed by atoms with Gasteiger partial charge in [0.05, 0.1) is 0 Å². The second-order valence-electron chi connectivity index (χ2n) is 12.9. The highest BCUT2D eigenvalue weighted by atomic mass is 32.1. The zero-order valence-electron chi connectivity index (χ0n) is 27.7. The molecule has 0 radical (unpaired) electrons. The third-order valence-electron chi connectivity index (χ3n) is 9.90. The van der Waals surface area contributed by atoms with Crippen LogP contribution in [0.1, 0.15) is 0 Å². The number of hydrogen-bond donors (Lipinski definition) is 0. The monoisotopic (exact) mass is 669 g/mol. The van der Waals surface area contributed by atoms with Gasteiger partial charge in [-0.15, -0.1) is 11.3 Å². The molecule has 0 unspecified atom stereocenters. The summed E-state index contributed by atoms with van der Waals surface area (Å²) in [6.07, 6.45) is 0. The molecule has 0 saturated heterocycles. The zero-order valence-corrected chi connectivity index (χ0v) is 28.5. The second kappa shape index (κ2) is 12.2. The number of benzene rings is 8. The maximum atomic E-state index is 6.50. The van der Waals surface area contributed by atoms with E-state index in [9.17, 15) is 0 Å². The van der Waals surface area contributed by atoms with Gasteiger partial charge in [0.15, 0.2) is 0 Å². The van der Waals surface area contributed by atoms with Gasteiger partial charge in [0.1, 0.15) is 11.2 Å². The average Bonchev–Trinajstić information content (AvgIpc) is 3.78. The lowest BCUT2D eigenvalue weighted by Crippen LogP contribution is -2.09. The summed E-state index contributed by atoms with van der Waals surface area (Å²) in [5, 5.41) is 4.92. The Bertz CT molecular complexity index is 2730. The first-order valence-corrected chi connectivity index (χ1v) is 18.1. The van der Waals surface area contributed by atoms with Crippen molar-refractivity contribution in [1.82, 2.24) is 0 Å². The molecule has 0 N–H and O–H groups in total. The first kappa shape index (κ1) is 29.5. The Kier molecular flexibility index (Phi) is 7.04. The van der Waals surface area contributed by atoms with Gasteiger partial charge in [-0.3, -0.25) is 0 Å². The molecule has 10 rings (SSSR count). The highest BCUT2D eigenvalue weighted by molar-refractivity contribution is 7.26. The van der Waals surface area contributed by atoms with Crippen LogP contribution in [0.5, 0.6) is 0 Å². The van der Waals surface area contributed by atoms with Crippen molar-refractivity contribution in [3.63, 3.8) is 0 Å². The topological polar surface area (TPSA) is 16.4 Å². The van der Waals surface area contributed by atoms with Crippen molar-refractivity contribution in [2.75, 3.05) is 4.90 Å². The van der Waals surface area contributed by atoms with E-state index in [1.807, 2.05) is 11.3 Å². The summed E-state index contributed by atoms with van der Waals surface area (Å²) < 4.78 is 9.08. The minimum absolute atomic E-state index is 0.910. The van der Waals surface area contributed by atoms with Crippen molar-refractivity contribution in [2.45, 2.75) is 0 Å². The van der Waals surface area contributed by atoms with Crippen molar-refractivity contribution in [3.8, 4) is 33.4 Å². The third kappa shape index (κ3) is 5.10. The Morgan fingerprint density at radius 3 is 1.45 bits per heavy atom. The molecular weight excluding hydrogens is 639 g/mol. The summed E-state index contributed by atoms with van der Waals surface area (Å²) in [4.78, 5) is 2.34. The van der Waals surface area contributed by atoms with E-state index in [1.165, 1.54) is 58.8 Å². The second-order valence-corrected chi connectivity index (χ2v) is 14.0. The predicted molar refractivity (Wildman–Crippen MR) is 218 cm³/mol. The normalized spacial score (nSPS) is 11.5. The van der Waals surface area contributed by atoms with Crippen LogP contribution in [-0.4, -0.2) is 0 Å². The molecule has 8 aromatic carbocycles. The van der Waals surface area contributed by atoms with Crippen LogP contribution < -0.4 is 4.90 Å². The molecular formula is C48H31NOS. The molecule has 0 aliphatic carbocycles. The summed E-state index contributed by atoms with van der Waals surface area (Å²) in [7, 11) is 0. The van der Waals surface area contributed by atoms with Crippen molar-refractivity contribution >= 4 is 70.5 Å². The fraction of sp³-hybridized carbons (Fsp3) is 0. The number of nitrogens with zero attached hydrogens (tertiary/aromatic N) is 1. The highest BCUT2D eigenvalue weighted by Gasteiger charge is 2.19. The number of thiophene rings is 1. The standard InChI is InChI=1S/C48H31NOS/c1-3-10-32(11-4-1)34-18-24-37(25-19-34)49(38-26-20-35(21-27-38)33-12-5-2-6-13-33)39-28-22-36(23-29-39)40-15-9-16-42-46(40)48-43(50-42)30-31-45-47(48)41-14-7-8-17-44(41)51-45/h1-31H. The molecule has 0 aliphatic heterocycles. The molecule has 0 spiro atoms. The molecule has 0 atom stereocenters. The van der Waals surface area contributed by atoms with Crippen LogP contribution in [-0.2, 0) is 0 Å². The Morgan fingerprint density at radius 2 is 0.843 bits per heavy atom. The minimum atomic E-state index is 0.910. The van der Waals surface area contributed by atoms with E-state index in [0.29, 0.717) is 0 Å². The van der Waals surface area contributed by atoms with E-state index in [-0.39, 0.29) is 0 Å². The molecule has 0 aliphatic rings.